The average Bonchev–Trinajstić information content (AvgIpc) is 2.64. The maximum atomic E-state index is 12.7. The summed E-state index contributed by atoms with van der Waals surface area (Å²) in [6.45, 7) is 3.67. The molecule has 2 aromatic carbocycles. The summed E-state index contributed by atoms with van der Waals surface area (Å²) in [5, 5.41) is 3.16. The molecule has 0 saturated carbocycles. The van der Waals surface area contributed by atoms with Gasteiger partial charge in [0.05, 0.1) is 18.2 Å². The first-order valence-electron chi connectivity index (χ1n) is 8.51. The van der Waals surface area contributed by atoms with E-state index in [4.69, 9.17) is 26.8 Å². The van der Waals surface area contributed by atoms with Crippen LogP contribution >= 0.6 is 11.6 Å². The van der Waals surface area contributed by atoms with Crippen LogP contribution in [0.2, 0.25) is 5.02 Å². The molecule has 2 aromatic rings. The highest BCUT2D eigenvalue weighted by Crippen LogP contribution is 2.36. The first-order chi connectivity index (χ1) is 12.8. The number of amides is 2. The Bertz CT molecular complexity index is 821. The fourth-order valence-electron chi connectivity index (χ4n) is 2.60. The maximum absolute atomic E-state index is 12.7. The van der Waals surface area contributed by atoms with Gasteiger partial charge in [0.1, 0.15) is 0 Å². The fraction of sp³-hybridized carbons (Fsp3) is 0.300. The molecule has 2 rings (SSSR count). The molecule has 144 valence electrons. The van der Waals surface area contributed by atoms with Gasteiger partial charge in [0, 0.05) is 5.56 Å². The summed E-state index contributed by atoms with van der Waals surface area (Å²) < 4.78 is 10.5. The number of primary amides is 1. The second-order valence-electron chi connectivity index (χ2n) is 6.09. The number of nitrogens with two attached hydrogens (primary N) is 1. The number of rotatable bonds is 8. The number of hydrogen-bond acceptors (Lipinski definition) is 4. The number of hydrogen-bond donors (Lipinski definition) is 2. The second-order valence-corrected chi connectivity index (χ2v) is 6.50. The smallest absolute Gasteiger partial charge is 0.255 e. The van der Waals surface area contributed by atoms with E-state index in [-0.39, 0.29) is 35.1 Å². The molecule has 0 aliphatic carbocycles. The lowest BCUT2D eigenvalue weighted by Crippen LogP contribution is -2.28. The van der Waals surface area contributed by atoms with E-state index in [2.05, 4.69) is 5.32 Å². The zero-order chi connectivity index (χ0) is 20.0. The van der Waals surface area contributed by atoms with Crippen LogP contribution in [0.4, 0.5) is 0 Å². The predicted molar refractivity (Wildman–Crippen MR) is 104 cm³/mol. The third-order valence-corrected chi connectivity index (χ3v) is 4.32. The van der Waals surface area contributed by atoms with E-state index in [1.165, 1.54) is 19.2 Å². The summed E-state index contributed by atoms with van der Waals surface area (Å²) in [7, 11) is 1.42. The summed E-state index contributed by atoms with van der Waals surface area (Å²) in [5.74, 6) is -0.514. The Morgan fingerprint density at radius 2 is 1.89 bits per heavy atom. The van der Waals surface area contributed by atoms with Crippen molar-refractivity contribution in [3.05, 3.63) is 58.1 Å². The molecule has 6 nitrogen and oxygen atoms in total. The molecule has 27 heavy (non-hydrogen) atoms. The minimum absolute atomic E-state index is 0.131. The Hall–Kier alpha value is -2.73. The molecule has 0 bridgehead atoms. The van der Waals surface area contributed by atoms with Crippen molar-refractivity contribution >= 4 is 23.4 Å². The molecule has 7 heteroatoms. The van der Waals surface area contributed by atoms with Gasteiger partial charge >= 0.3 is 0 Å². The van der Waals surface area contributed by atoms with Gasteiger partial charge in [-0.25, -0.2) is 0 Å². The lowest BCUT2D eigenvalue weighted by molar-refractivity contribution is -0.119. The first-order valence-corrected chi connectivity index (χ1v) is 8.89. The third-order valence-electron chi connectivity index (χ3n) is 4.04. The first kappa shape index (κ1) is 20.6. The van der Waals surface area contributed by atoms with Crippen molar-refractivity contribution < 1.29 is 19.1 Å². The summed E-state index contributed by atoms with van der Waals surface area (Å²) in [6.07, 6.45) is 0.736. The minimum Gasteiger partial charge on any atom is -0.493 e. The van der Waals surface area contributed by atoms with Crippen molar-refractivity contribution in [2.75, 3.05) is 13.7 Å². The van der Waals surface area contributed by atoms with Gasteiger partial charge in [-0.05, 0) is 31.0 Å². The number of benzene rings is 2. The maximum Gasteiger partial charge on any atom is 0.255 e. The van der Waals surface area contributed by atoms with Crippen molar-refractivity contribution in [1.82, 2.24) is 5.32 Å². The van der Waals surface area contributed by atoms with Crippen LogP contribution in [0.15, 0.2) is 36.4 Å². The normalized spacial score (nSPS) is 11.6. The molecule has 0 saturated heterocycles. The molecule has 0 radical (unpaired) electrons. The highest BCUT2D eigenvalue weighted by Gasteiger charge is 2.19. The molecule has 0 spiro atoms. The van der Waals surface area contributed by atoms with Crippen LogP contribution in [-0.4, -0.2) is 25.5 Å². The SMILES string of the molecule is CCC(NC(=O)c1cc(Cl)c(OCC(N)=O)c(OC)c1)c1ccc(C)cc1. The molecule has 0 aliphatic heterocycles. The largest absolute Gasteiger partial charge is 0.493 e. The van der Waals surface area contributed by atoms with Crippen LogP contribution in [0, 0.1) is 6.92 Å². The second kappa shape index (κ2) is 9.28. The number of ether oxygens (including phenoxy) is 2. The number of nitrogens with one attached hydrogen (secondary N) is 1. The van der Waals surface area contributed by atoms with Crippen LogP contribution < -0.4 is 20.5 Å². The van der Waals surface area contributed by atoms with Crippen LogP contribution in [0.3, 0.4) is 0 Å². The van der Waals surface area contributed by atoms with Gasteiger partial charge in [-0.1, -0.05) is 48.4 Å². The highest BCUT2D eigenvalue weighted by atomic mass is 35.5. The topological polar surface area (TPSA) is 90.6 Å². The highest BCUT2D eigenvalue weighted by molar-refractivity contribution is 6.32. The van der Waals surface area contributed by atoms with Crippen LogP contribution in [0.5, 0.6) is 11.5 Å². The third kappa shape index (κ3) is 5.37. The van der Waals surface area contributed by atoms with Gasteiger partial charge in [-0.15, -0.1) is 0 Å². The zero-order valence-electron chi connectivity index (χ0n) is 15.5. The number of aryl methyl sites for hydroxylation is 1. The van der Waals surface area contributed by atoms with E-state index in [1.54, 1.807) is 0 Å². The molecule has 1 unspecified atom stereocenters. The monoisotopic (exact) mass is 390 g/mol. The van der Waals surface area contributed by atoms with E-state index < -0.39 is 5.91 Å². The van der Waals surface area contributed by atoms with Crippen molar-refractivity contribution in [1.29, 1.82) is 0 Å². The van der Waals surface area contributed by atoms with Gasteiger partial charge in [0.2, 0.25) is 0 Å². The van der Waals surface area contributed by atoms with Gasteiger partial charge in [-0.2, -0.15) is 0 Å². The fourth-order valence-corrected chi connectivity index (χ4v) is 2.86. The zero-order valence-corrected chi connectivity index (χ0v) is 16.3. The Morgan fingerprint density at radius 1 is 1.22 bits per heavy atom. The molecule has 0 heterocycles. The Balaban J connectivity index is 2.23. The van der Waals surface area contributed by atoms with E-state index in [0.717, 1.165) is 17.5 Å². The van der Waals surface area contributed by atoms with Crippen LogP contribution in [-0.2, 0) is 4.79 Å². The number of halogens is 1. The van der Waals surface area contributed by atoms with Crippen molar-refractivity contribution in [2.45, 2.75) is 26.3 Å². The Labute approximate surface area is 163 Å². The molecule has 3 N–H and O–H groups in total. The number of carbonyl (C=O) groups excluding carboxylic acids is 2. The lowest BCUT2D eigenvalue weighted by atomic mass is 10.0. The van der Waals surface area contributed by atoms with Crippen LogP contribution in [0.25, 0.3) is 0 Å². The Morgan fingerprint density at radius 3 is 2.44 bits per heavy atom. The van der Waals surface area contributed by atoms with Gasteiger partial charge < -0.3 is 20.5 Å². The van der Waals surface area contributed by atoms with Crippen LogP contribution in [0.1, 0.15) is 40.9 Å². The van der Waals surface area contributed by atoms with E-state index >= 15 is 0 Å². The van der Waals surface area contributed by atoms with E-state index in [1.807, 2.05) is 38.1 Å². The quantitative estimate of drug-likeness (QED) is 0.722. The summed E-state index contributed by atoms with van der Waals surface area (Å²) in [6, 6.07) is 10.9. The molecule has 2 amide bonds. The summed E-state index contributed by atoms with van der Waals surface area (Å²) in [4.78, 5) is 23.6. The van der Waals surface area contributed by atoms with E-state index in [0.29, 0.717) is 5.56 Å². The Kier molecular flexibility index (Phi) is 7.07. The van der Waals surface area contributed by atoms with Gasteiger partial charge in [0.15, 0.2) is 18.1 Å². The molecule has 0 fully saturated rings. The number of carbonyl (C=O) groups is 2. The average molecular weight is 391 g/mol. The van der Waals surface area contributed by atoms with Gasteiger partial charge in [0.25, 0.3) is 11.8 Å². The molecular weight excluding hydrogens is 368 g/mol. The number of methoxy groups -OCH3 is 1. The summed E-state index contributed by atoms with van der Waals surface area (Å²) in [5.41, 5.74) is 7.59. The summed E-state index contributed by atoms with van der Waals surface area (Å²) >= 11 is 6.21. The van der Waals surface area contributed by atoms with Crippen molar-refractivity contribution in [2.24, 2.45) is 5.73 Å². The van der Waals surface area contributed by atoms with E-state index in [9.17, 15) is 9.59 Å². The molecule has 0 aromatic heterocycles. The standard InChI is InChI=1S/C20H23ClN2O4/c1-4-16(13-7-5-12(2)6-8-13)23-20(25)14-9-15(21)19(17(10-14)26-3)27-11-18(22)24/h5-10,16H,4,11H2,1-3H3,(H2,22,24)(H,23,25). The van der Waals surface area contributed by atoms with Crippen molar-refractivity contribution in [3.63, 3.8) is 0 Å². The molecular formula is C20H23ClN2O4. The predicted octanol–water partition coefficient (Wildman–Crippen LogP) is 3.40. The van der Waals surface area contributed by atoms with Gasteiger partial charge in [-0.3, -0.25) is 9.59 Å². The lowest BCUT2D eigenvalue weighted by Gasteiger charge is -2.19. The minimum atomic E-state index is -0.640. The molecule has 1 atom stereocenters. The van der Waals surface area contributed by atoms with Crippen molar-refractivity contribution in [3.8, 4) is 11.5 Å². The molecule has 0 aliphatic rings.